The van der Waals surface area contributed by atoms with Crippen LogP contribution in [-0.4, -0.2) is 57.6 Å². The Morgan fingerprint density at radius 2 is 1.85 bits per heavy atom. The Balaban J connectivity index is 1.51. The van der Waals surface area contributed by atoms with Gasteiger partial charge < -0.3 is 14.2 Å². The molecule has 0 bridgehead atoms. The van der Waals surface area contributed by atoms with Gasteiger partial charge in [0.2, 0.25) is 0 Å². The average Bonchev–Trinajstić information content (AvgIpc) is 2.52. The molecule has 0 spiro atoms. The minimum atomic E-state index is 0.523. The number of rotatable bonds is 7. The molecule has 1 heterocycles. The molecule has 0 aliphatic carbocycles. The molecule has 0 N–H and O–H groups in total. The third-order valence-corrected chi connectivity index (χ3v) is 3.14. The van der Waals surface area contributed by atoms with Gasteiger partial charge in [-0.2, -0.15) is 5.26 Å². The first-order valence-corrected chi connectivity index (χ1v) is 6.89. The van der Waals surface area contributed by atoms with Crippen molar-refractivity contribution in [2.75, 3.05) is 52.7 Å². The summed E-state index contributed by atoms with van der Waals surface area (Å²) in [5, 5.41) is 8.69. The van der Waals surface area contributed by atoms with E-state index in [4.69, 9.17) is 19.5 Å². The van der Waals surface area contributed by atoms with Crippen LogP contribution in [0.15, 0.2) is 24.3 Å². The summed E-state index contributed by atoms with van der Waals surface area (Å²) in [5.74, 6) is 0.765. The summed E-state index contributed by atoms with van der Waals surface area (Å²) in [7, 11) is 0. The van der Waals surface area contributed by atoms with Gasteiger partial charge in [0.05, 0.1) is 38.1 Å². The molecule has 108 valence electrons. The van der Waals surface area contributed by atoms with Crippen molar-refractivity contribution in [1.29, 1.82) is 5.26 Å². The van der Waals surface area contributed by atoms with Crippen LogP contribution < -0.4 is 4.74 Å². The molecular weight excluding hydrogens is 256 g/mol. The molecule has 0 aromatic heterocycles. The van der Waals surface area contributed by atoms with Crippen LogP contribution >= 0.6 is 0 Å². The van der Waals surface area contributed by atoms with E-state index in [1.165, 1.54) is 0 Å². The van der Waals surface area contributed by atoms with E-state index in [2.05, 4.69) is 11.0 Å². The van der Waals surface area contributed by atoms with Gasteiger partial charge in [0.15, 0.2) is 0 Å². The zero-order valence-electron chi connectivity index (χ0n) is 11.6. The lowest BCUT2D eigenvalue weighted by molar-refractivity contribution is 0.0170. The van der Waals surface area contributed by atoms with E-state index in [9.17, 15) is 0 Å². The van der Waals surface area contributed by atoms with Crippen molar-refractivity contribution in [3.8, 4) is 11.8 Å². The highest BCUT2D eigenvalue weighted by Gasteiger charge is 2.09. The van der Waals surface area contributed by atoms with Gasteiger partial charge in [-0.25, -0.2) is 0 Å². The van der Waals surface area contributed by atoms with E-state index in [1.807, 2.05) is 0 Å². The zero-order valence-corrected chi connectivity index (χ0v) is 11.6. The van der Waals surface area contributed by atoms with E-state index in [1.54, 1.807) is 24.3 Å². The molecule has 1 saturated heterocycles. The maximum absolute atomic E-state index is 8.69. The van der Waals surface area contributed by atoms with Crippen LogP contribution in [0.5, 0.6) is 5.75 Å². The number of benzene rings is 1. The average molecular weight is 276 g/mol. The van der Waals surface area contributed by atoms with Crippen LogP contribution in [0.3, 0.4) is 0 Å². The summed E-state index contributed by atoms with van der Waals surface area (Å²) in [5.41, 5.74) is 0.638. The molecule has 1 aromatic carbocycles. The lowest BCUT2D eigenvalue weighted by Gasteiger charge is -2.26. The molecule has 0 radical (unpaired) electrons. The molecular formula is C15H20N2O3. The van der Waals surface area contributed by atoms with Gasteiger partial charge in [0.25, 0.3) is 0 Å². The normalized spacial score (nSPS) is 15.8. The topological polar surface area (TPSA) is 54.7 Å². The Hall–Kier alpha value is -1.61. The predicted octanol–water partition coefficient (Wildman–Crippen LogP) is 1.29. The Morgan fingerprint density at radius 3 is 2.55 bits per heavy atom. The molecule has 5 heteroatoms. The molecule has 5 nitrogen and oxygen atoms in total. The van der Waals surface area contributed by atoms with Gasteiger partial charge in [0, 0.05) is 19.6 Å². The van der Waals surface area contributed by atoms with Gasteiger partial charge >= 0.3 is 0 Å². The maximum atomic E-state index is 8.69. The number of ether oxygens (including phenoxy) is 3. The molecule has 0 unspecified atom stereocenters. The lowest BCUT2D eigenvalue weighted by atomic mass is 10.2. The van der Waals surface area contributed by atoms with Crippen LogP contribution in [-0.2, 0) is 9.47 Å². The molecule has 1 fully saturated rings. The number of hydrogen-bond acceptors (Lipinski definition) is 5. The molecule has 1 aliphatic rings. The highest BCUT2D eigenvalue weighted by atomic mass is 16.5. The summed E-state index contributed by atoms with van der Waals surface area (Å²) in [6.07, 6.45) is 0. The van der Waals surface area contributed by atoms with Crippen molar-refractivity contribution in [2.24, 2.45) is 0 Å². The van der Waals surface area contributed by atoms with Gasteiger partial charge in [-0.15, -0.1) is 0 Å². The minimum absolute atomic E-state index is 0.523. The van der Waals surface area contributed by atoms with Crippen molar-refractivity contribution >= 4 is 0 Å². The first-order valence-electron chi connectivity index (χ1n) is 6.89. The number of morpholine rings is 1. The molecule has 2 rings (SSSR count). The number of nitrogens with zero attached hydrogens (tertiary/aromatic N) is 2. The second kappa shape index (κ2) is 8.54. The summed E-state index contributed by atoms with van der Waals surface area (Å²) < 4.78 is 16.4. The second-order valence-corrected chi connectivity index (χ2v) is 4.55. The summed E-state index contributed by atoms with van der Waals surface area (Å²) in [6.45, 7) is 6.39. The van der Waals surface area contributed by atoms with E-state index in [-0.39, 0.29) is 0 Å². The monoisotopic (exact) mass is 276 g/mol. The Morgan fingerprint density at radius 1 is 1.10 bits per heavy atom. The highest BCUT2D eigenvalue weighted by Crippen LogP contribution is 2.11. The molecule has 1 aliphatic heterocycles. The van der Waals surface area contributed by atoms with Crippen molar-refractivity contribution in [3.05, 3.63) is 29.8 Å². The standard InChI is InChI=1S/C15H20N2O3/c16-13-14-1-3-15(4-2-14)20-12-11-19-10-7-17-5-8-18-9-6-17/h1-4H,5-12H2. The number of nitriles is 1. The van der Waals surface area contributed by atoms with E-state index < -0.39 is 0 Å². The highest BCUT2D eigenvalue weighted by molar-refractivity contribution is 5.34. The fraction of sp³-hybridized carbons (Fsp3) is 0.533. The van der Waals surface area contributed by atoms with Crippen LogP contribution in [0.1, 0.15) is 5.56 Å². The van der Waals surface area contributed by atoms with Gasteiger partial charge in [-0.3, -0.25) is 4.90 Å². The maximum Gasteiger partial charge on any atom is 0.119 e. The molecule has 0 amide bonds. The fourth-order valence-electron chi connectivity index (χ4n) is 1.96. The molecule has 0 saturated carbocycles. The van der Waals surface area contributed by atoms with Crippen molar-refractivity contribution in [3.63, 3.8) is 0 Å². The summed E-state index contributed by atoms with van der Waals surface area (Å²) >= 11 is 0. The van der Waals surface area contributed by atoms with Crippen molar-refractivity contribution in [1.82, 2.24) is 4.90 Å². The molecule has 0 atom stereocenters. The Labute approximate surface area is 119 Å². The molecule has 20 heavy (non-hydrogen) atoms. The van der Waals surface area contributed by atoms with Gasteiger partial charge in [-0.05, 0) is 24.3 Å². The first-order chi connectivity index (χ1) is 9.88. The Kier molecular flexibility index (Phi) is 6.32. The summed E-state index contributed by atoms with van der Waals surface area (Å²) in [6, 6.07) is 9.16. The fourth-order valence-corrected chi connectivity index (χ4v) is 1.96. The summed E-state index contributed by atoms with van der Waals surface area (Å²) in [4.78, 5) is 2.34. The van der Waals surface area contributed by atoms with E-state index >= 15 is 0 Å². The SMILES string of the molecule is N#Cc1ccc(OCCOCCN2CCOCC2)cc1. The Bertz CT molecular complexity index is 422. The van der Waals surface area contributed by atoms with Crippen LogP contribution in [0, 0.1) is 11.3 Å². The lowest BCUT2D eigenvalue weighted by Crippen LogP contribution is -2.38. The van der Waals surface area contributed by atoms with Crippen molar-refractivity contribution < 1.29 is 14.2 Å². The van der Waals surface area contributed by atoms with Crippen molar-refractivity contribution in [2.45, 2.75) is 0 Å². The van der Waals surface area contributed by atoms with Crippen LogP contribution in [0.4, 0.5) is 0 Å². The minimum Gasteiger partial charge on any atom is -0.491 e. The van der Waals surface area contributed by atoms with E-state index in [0.29, 0.717) is 18.8 Å². The van der Waals surface area contributed by atoms with Crippen LogP contribution in [0.2, 0.25) is 0 Å². The first kappa shape index (κ1) is 14.8. The van der Waals surface area contributed by atoms with E-state index in [0.717, 1.165) is 45.2 Å². The third-order valence-electron chi connectivity index (χ3n) is 3.14. The molecule has 1 aromatic rings. The zero-order chi connectivity index (χ0) is 14.0. The van der Waals surface area contributed by atoms with Gasteiger partial charge in [0.1, 0.15) is 12.4 Å². The quantitative estimate of drug-likeness (QED) is 0.702. The van der Waals surface area contributed by atoms with Crippen LogP contribution in [0.25, 0.3) is 0 Å². The number of hydrogen-bond donors (Lipinski definition) is 0. The largest absolute Gasteiger partial charge is 0.491 e. The second-order valence-electron chi connectivity index (χ2n) is 4.55. The van der Waals surface area contributed by atoms with Gasteiger partial charge in [-0.1, -0.05) is 0 Å². The third kappa shape index (κ3) is 5.17. The predicted molar refractivity (Wildman–Crippen MR) is 74.7 cm³/mol. The smallest absolute Gasteiger partial charge is 0.119 e.